The van der Waals surface area contributed by atoms with Gasteiger partial charge in [0.25, 0.3) is 17.2 Å². The van der Waals surface area contributed by atoms with E-state index in [9.17, 15) is 19.7 Å². The second-order valence-corrected chi connectivity index (χ2v) is 7.35. The molecule has 2 aromatic carbocycles. The minimum absolute atomic E-state index is 0.0451. The highest BCUT2D eigenvalue weighted by Crippen LogP contribution is 2.15. The fourth-order valence-electron chi connectivity index (χ4n) is 3.25. The number of aromatic nitrogens is 4. The first kappa shape index (κ1) is 21.2. The summed E-state index contributed by atoms with van der Waals surface area (Å²) in [7, 11) is 0. The first-order chi connectivity index (χ1) is 15.4. The van der Waals surface area contributed by atoms with Crippen molar-refractivity contribution < 1.29 is 9.72 Å². The number of nitrogens with one attached hydrogen (secondary N) is 1. The standard InChI is InChI=1S/C21H17ClN6O4/c22-18-7-2-1-6-16(18)20(29)23-8-9-27-19-17(11-25-27)21(30)26(13-24-19)12-14-4-3-5-15(10-14)28(31)32/h1-7,10-11,13H,8-9,12H2,(H,23,29). The number of nitro benzene ring substituents is 1. The van der Waals surface area contributed by atoms with Gasteiger partial charge < -0.3 is 5.32 Å². The third-order valence-corrected chi connectivity index (χ3v) is 5.15. The Balaban J connectivity index is 1.48. The Morgan fingerprint density at radius 1 is 1.19 bits per heavy atom. The Kier molecular flexibility index (Phi) is 5.95. The SMILES string of the molecule is O=C(NCCn1ncc2c(=O)n(Cc3cccc([N+](=O)[O-])c3)cnc21)c1ccccc1Cl. The second kappa shape index (κ2) is 8.98. The maximum atomic E-state index is 12.8. The van der Waals surface area contributed by atoms with Gasteiger partial charge in [-0.05, 0) is 17.7 Å². The normalized spacial score (nSPS) is 10.9. The fourth-order valence-corrected chi connectivity index (χ4v) is 3.48. The van der Waals surface area contributed by atoms with Gasteiger partial charge in [0.2, 0.25) is 0 Å². The topological polar surface area (TPSA) is 125 Å². The summed E-state index contributed by atoms with van der Waals surface area (Å²) in [6, 6.07) is 12.8. The first-order valence-corrected chi connectivity index (χ1v) is 9.99. The molecule has 0 spiro atoms. The van der Waals surface area contributed by atoms with E-state index in [1.165, 1.54) is 33.9 Å². The molecular formula is C21H17ClN6O4. The number of amides is 1. The molecule has 0 radical (unpaired) electrons. The van der Waals surface area contributed by atoms with Gasteiger partial charge in [0, 0.05) is 18.7 Å². The number of halogens is 1. The number of non-ortho nitro benzene ring substituents is 1. The van der Waals surface area contributed by atoms with E-state index >= 15 is 0 Å². The Labute approximate surface area is 186 Å². The average Bonchev–Trinajstić information content (AvgIpc) is 3.20. The molecule has 0 aliphatic carbocycles. The summed E-state index contributed by atoms with van der Waals surface area (Å²) < 4.78 is 2.90. The van der Waals surface area contributed by atoms with Gasteiger partial charge >= 0.3 is 0 Å². The van der Waals surface area contributed by atoms with Crippen molar-refractivity contribution in [3.8, 4) is 0 Å². The zero-order valence-corrected chi connectivity index (χ0v) is 17.4. The van der Waals surface area contributed by atoms with Gasteiger partial charge in [0.15, 0.2) is 5.65 Å². The van der Waals surface area contributed by atoms with Crippen LogP contribution < -0.4 is 10.9 Å². The first-order valence-electron chi connectivity index (χ1n) is 9.61. The molecule has 0 saturated carbocycles. The molecule has 32 heavy (non-hydrogen) atoms. The molecule has 162 valence electrons. The average molecular weight is 453 g/mol. The highest BCUT2D eigenvalue weighted by atomic mass is 35.5. The summed E-state index contributed by atoms with van der Waals surface area (Å²) in [5.74, 6) is -0.306. The third-order valence-electron chi connectivity index (χ3n) is 4.82. The number of carbonyl (C=O) groups is 1. The quantitative estimate of drug-likeness (QED) is 0.339. The van der Waals surface area contributed by atoms with Gasteiger partial charge in [-0.25, -0.2) is 9.67 Å². The van der Waals surface area contributed by atoms with Crippen LogP contribution in [0.15, 0.2) is 65.8 Å². The molecule has 0 saturated heterocycles. The largest absolute Gasteiger partial charge is 0.350 e. The van der Waals surface area contributed by atoms with Crippen LogP contribution in [-0.2, 0) is 13.1 Å². The van der Waals surface area contributed by atoms with Gasteiger partial charge in [0.05, 0.1) is 34.8 Å². The molecule has 0 unspecified atom stereocenters. The molecular weight excluding hydrogens is 436 g/mol. The predicted molar refractivity (Wildman–Crippen MR) is 118 cm³/mol. The minimum Gasteiger partial charge on any atom is -0.350 e. The molecule has 11 heteroatoms. The van der Waals surface area contributed by atoms with E-state index < -0.39 is 4.92 Å². The summed E-state index contributed by atoms with van der Waals surface area (Å²) in [6.07, 6.45) is 2.80. The zero-order chi connectivity index (χ0) is 22.7. The predicted octanol–water partition coefficient (Wildman–Crippen LogP) is 2.63. The van der Waals surface area contributed by atoms with Crippen LogP contribution in [0.5, 0.6) is 0 Å². The van der Waals surface area contributed by atoms with E-state index in [0.29, 0.717) is 33.7 Å². The number of nitrogens with zero attached hydrogens (tertiary/aromatic N) is 5. The van der Waals surface area contributed by atoms with Crippen LogP contribution in [0.25, 0.3) is 11.0 Å². The summed E-state index contributed by atoms with van der Waals surface area (Å²) >= 11 is 6.03. The monoisotopic (exact) mass is 452 g/mol. The van der Waals surface area contributed by atoms with Crippen molar-refractivity contribution in [2.45, 2.75) is 13.1 Å². The van der Waals surface area contributed by atoms with Crippen molar-refractivity contribution in [2.75, 3.05) is 6.54 Å². The lowest BCUT2D eigenvalue weighted by Crippen LogP contribution is -2.28. The van der Waals surface area contributed by atoms with Crippen molar-refractivity contribution in [1.29, 1.82) is 0 Å². The fraction of sp³-hybridized carbons (Fsp3) is 0.143. The number of carbonyl (C=O) groups excluding carboxylic acids is 1. The Morgan fingerprint density at radius 3 is 2.78 bits per heavy atom. The minimum atomic E-state index is -0.484. The molecule has 2 heterocycles. The Bertz CT molecular complexity index is 1380. The van der Waals surface area contributed by atoms with Crippen molar-refractivity contribution in [2.24, 2.45) is 0 Å². The summed E-state index contributed by atoms with van der Waals surface area (Å²) in [5, 5.41) is 18.6. The van der Waals surface area contributed by atoms with E-state index in [1.807, 2.05) is 0 Å². The van der Waals surface area contributed by atoms with Crippen LogP contribution >= 0.6 is 11.6 Å². The van der Waals surface area contributed by atoms with Crippen molar-refractivity contribution in [1.82, 2.24) is 24.6 Å². The molecule has 0 atom stereocenters. The van der Waals surface area contributed by atoms with E-state index in [-0.39, 0.29) is 30.2 Å². The second-order valence-electron chi connectivity index (χ2n) is 6.95. The molecule has 0 aliphatic rings. The van der Waals surface area contributed by atoms with E-state index in [0.717, 1.165) is 0 Å². The van der Waals surface area contributed by atoms with Crippen LogP contribution in [0, 0.1) is 10.1 Å². The third kappa shape index (κ3) is 4.35. The molecule has 2 aromatic heterocycles. The lowest BCUT2D eigenvalue weighted by molar-refractivity contribution is -0.384. The molecule has 4 aromatic rings. The van der Waals surface area contributed by atoms with Crippen molar-refractivity contribution in [3.63, 3.8) is 0 Å². The van der Waals surface area contributed by atoms with Crippen molar-refractivity contribution in [3.05, 3.63) is 97.7 Å². The smallest absolute Gasteiger partial charge is 0.269 e. The van der Waals surface area contributed by atoms with Gasteiger partial charge in [-0.1, -0.05) is 35.9 Å². The van der Waals surface area contributed by atoms with Crippen LogP contribution in [0.2, 0.25) is 5.02 Å². The molecule has 1 N–H and O–H groups in total. The van der Waals surface area contributed by atoms with Gasteiger partial charge in [0.1, 0.15) is 11.7 Å². The van der Waals surface area contributed by atoms with Crippen LogP contribution in [0.1, 0.15) is 15.9 Å². The lowest BCUT2D eigenvalue weighted by Gasteiger charge is -2.08. The molecule has 10 nitrogen and oxygen atoms in total. The molecule has 0 bridgehead atoms. The highest BCUT2D eigenvalue weighted by molar-refractivity contribution is 6.33. The number of benzene rings is 2. The van der Waals surface area contributed by atoms with Crippen LogP contribution in [-0.4, -0.2) is 36.7 Å². The molecule has 1 amide bonds. The maximum Gasteiger partial charge on any atom is 0.269 e. The number of nitro groups is 1. The van der Waals surface area contributed by atoms with E-state index in [4.69, 9.17) is 11.6 Å². The van der Waals surface area contributed by atoms with Gasteiger partial charge in [-0.3, -0.25) is 24.3 Å². The van der Waals surface area contributed by atoms with Crippen LogP contribution in [0.3, 0.4) is 0 Å². The Hall–Kier alpha value is -4.05. The summed E-state index contributed by atoms with van der Waals surface area (Å²) in [4.78, 5) is 39.9. The molecule has 0 fully saturated rings. The number of fused-ring (bicyclic) bond motifs is 1. The molecule has 4 rings (SSSR count). The molecule has 0 aliphatic heterocycles. The number of hydrogen-bond donors (Lipinski definition) is 1. The van der Waals surface area contributed by atoms with Gasteiger partial charge in [-0.15, -0.1) is 0 Å². The van der Waals surface area contributed by atoms with Crippen LogP contribution in [0.4, 0.5) is 5.69 Å². The zero-order valence-electron chi connectivity index (χ0n) is 16.6. The number of hydrogen-bond acceptors (Lipinski definition) is 6. The van der Waals surface area contributed by atoms with E-state index in [2.05, 4.69) is 15.4 Å². The summed E-state index contributed by atoms with van der Waals surface area (Å²) in [6.45, 7) is 0.711. The van der Waals surface area contributed by atoms with E-state index in [1.54, 1.807) is 36.4 Å². The Morgan fingerprint density at radius 2 is 2.00 bits per heavy atom. The number of rotatable bonds is 7. The lowest BCUT2D eigenvalue weighted by atomic mass is 10.2. The van der Waals surface area contributed by atoms with Crippen molar-refractivity contribution >= 4 is 34.2 Å². The summed E-state index contributed by atoms with van der Waals surface area (Å²) in [5.41, 5.74) is 1.01. The van der Waals surface area contributed by atoms with Gasteiger partial charge in [-0.2, -0.15) is 5.10 Å². The highest BCUT2D eigenvalue weighted by Gasteiger charge is 2.13. The maximum absolute atomic E-state index is 12.8.